The molecule has 4 rings (SSSR count). The number of hydrogen-bond acceptors (Lipinski definition) is 8. The first kappa shape index (κ1) is 11.6. The van der Waals surface area contributed by atoms with Crippen molar-refractivity contribution in [3.05, 3.63) is 17.8 Å². The molecular formula is C11H9N5S3. The molecule has 0 bridgehead atoms. The average molecular weight is 307 g/mol. The van der Waals surface area contributed by atoms with Gasteiger partial charge in [0.2, 0.25) is 5.13 Å². The van der Waals surface area contributed by atoms with Crippen LogP contribution in [0.5, 0.6) is 0 Å². The highest BCUT2D eigenvalue weighted by atomic mass is 32.2. The van der Waals surface area contributed by atoms with Gasteiger partial charge in [-0.05, 0) is 36.0 Å². The van der Waals surface area contributed by atoms with E-state index in [1.807, 2.05) is 11.4 Å². The zero-order valence-electron chi connectivity index (χ0n) is 9.74. The summed E-state index contributed by atoms with van der Waals surface area (Å²) in [4.78, 5) is 9.59. The lowest BCUT2D eigenvalue weighted by Crippen LogP contribution is -1.99. The second kappa shape index (κ2) is 4.69. The Kier molecular flexibility index (Phi) is 2.86. The molecule has 1 aliphatic rings. The Morgan fingerprint density at radius 1 is 1.26 bits per heavy atom. The largest absolute Gasteiger partial charge is 0.357 e. The lowest BCUT2D eigenvalue weighted by molar-refractivity contribution is 0.991. The second-order valence-electron chi connectivity index (χ2n) is 4.21. The number of nitrogens with one attached hydrogen (secondary N) is 1. The summed E-state index contributed by atoms with van der Waals surface area (Å²) in [5.41, 5.74) is 0. The van der Waals surface area contributed by atoms with E-state index < -0.39 is 0 Å². The van der Waals surface area contributed by atoms with E-state index in [4.69, 9.17) is 0 Å². The van der Waals surface area contributed by atoms with Crippen LogP contribution >= 0.6 is 34.4 Å². The third kappa shape index (κ3) is 2.43. The topological polar surface area (TPSA) is 63.6 Å². The Morgan fingerprint density at radius 2 is 2.21 bits per heavy atom. The van der Waals surface area contributed by atoms with Gasteiger partial charge in [-0.15, -0.1) is 21.5 Å². The molecule has 3 aromatic heterocycles. The van der Waals surface area contributed by atoms with Crippen LogP contribution in [-0.2, 0) is 0 Å². The van der Waals surface area contributed by atoms with Gasteiger partial charge < -0.3 is 5.32 Å². The zero-order chi connectivity index (χ0) is 12.7. The van der Waals surface area contributed by atoms with Gasteiger partial charge in [0.25, 0.3) is 0 Å². The molecule has 3 aromatic rings. The second-order valence-corrected chi connectivity index (χ2v) is 7.32. The summed E-state index contributed by atoms with van der Waals surface area (Å²) < 4.78 is 0.911. The van der Waals surface area contributed by atoms with Crippen LogP contribution < -0.4 is 5.32 Å². The molecular weight excluding hydrogens is 298 g/mol. The van der Waals surface area contributed by atoms with E-state index in [0.29, 0.717) is 6.04 Å². The fourth-order valence-corrected chi connectivity index (χ4v) is 4.26. The Morgan fingerprint density at radius 3 is 3.11 bits per heavy atom. The van der Waals surface area contributed by atoms with Gasteiger partial charge in [0, 0.05) is 11.4 Å². The van der Waals surface area contributed by atoms with Crippen LogP contribution in [-0.4, -0.2) is 26.2 Å². The van der Waals surface area contributed by atoms with Crippen LogP contribution in [0.4, 0.5) is 5.13 Å². The van der Waals surface area contributed by atoms with Crippen LogP contribution in [0.2, 0.25) is 0 Å². The van der Waals surface area contributed by atoms with Gasteiger partial charge in [0.1, 0.15) is 16.2 Å². The van der Waals surface area contributed by atoms with E-state index in [9.17, 15) is 0 Å². The Balaban J connectivity index is 1.59. The highest BCUT2D eigenvalue weighted by molar-refractivity contribution is 8.01. The molecule has 1 aliphatic carbocycles. The first-order valence-electron chi connectivity index (χ1n) is 5.84. The number of thiophene rings is 1. The molecule has 5 nitrogen and oxygen atoms in total. The third-order valence-corrected chi connectivity index (χ3v) is 5.47. The van der Waals surface area contributed by atoms with Crippen molar-refractivity contribution in [2.75, 3.05) is 5.32 Å². The maximum absolute atomic E-state index is 4.33. The molecule has 0 amide bonds. The molecule has 0 aliphatic heterocycles. The standard InChI is InChI=1S/C11H9N5S3/c1-2-6(1)14-10-15-16-11(19-10)18-9-7-3-4-17-8(7)12-5-13-9/h3-6H,1-2H2,(H,14,15). The lowest BCUT2D eigenvalue weighted by atomic mass is 10.4. The molecule has 0 atom stereocenters. The van der Waals surface area contributed by atoms with Gasteiger partial charge in [-0.25, -0.2) is 9.97 Å². The van der Waals surface area contributed by atoms with Crippen LogP contribution in [0.3, 0.4) is 0 Å². The number of anilines is 1. The summed E-state index contributed by atoms with van der Waals surface area (Å²) >= 11 is 4.75. The number of aromatic nitrogens is 4. The van der Waals surface area contributed by atoms with Crippen molar-refractivity contribution in [1.29, 1.82) is 0 Å². The normalized spacial score (nSPS) is 14.9. The zero-order valence-corrected chi connectivity index (χ0v) is 12.2. The Labute approximate surface area is 121 Å². The summed E-state index contributed by atoms with van der Waals surface area (Å²) in [6, 6.07) is 2.65. The van der Waals surface area contributed by atoms with Crippen LogP contribution in [0.25, 0.3) is 10.2 Å². The molecule has 0 aromatic carbocycles. The number of nitrogens with zero attached hydrogens (tertiary/aromatic N) is 4. The minimum Gasteiger partial charge on any atom is -0.357 e. The van der Waals surface area contributed by atoms with E-state index in [0.717, 1.165) is 24.7 Å². The van der Waals surface area contributed by atoms with E-state index in [1.165, 1.54) is 12.8 Å². The van der Waals surface area contributed by atoms with Gasteiger partial charge >= 0.3 is 0 Å². The van der Waals surface area contributed by atoms with Crippen LogP contribution in [0.1, 0.15) is 12.8 Å². The fraction of sp³-hybridized carbons (Fsp3) is 0.273. The average Bonchev–Trinajstić information content (AvgIpc) is 2.91. The molecule has 3 heterocycles. The van der Waals surface area contributed by atoms with Crippen molar-refractivity contribution in [2.24, 2.45) is 0 Å². The molecule has 0 radical (unpaired) electrons. The van der Waals surface area contributed by atoms with E-state index in [-0.39, 0.29) is 0 Å². The fourth-order valence-electron chi connectivity index (χ4n) is 1.64. The number of fused-ring (bicyclic) bond motifs is 1. The number of rotatable bonds is 4. The molecule has 19 heavy (non-hydrogen) atoms. The highest BCUT2D eigenvalue weighted by Gasteiger charge is 2.22. The maximum atomic E-state index is 4.33. The maximum Gasteiger partial charge on any atom is 0.206 e. The molecule has 1 N–H and O–H groups in total. The first-order chi connectivity index (χ1) is 9.38. The van der Waals surface area contributed by atoms with Crippen molar-refractivity contribution in [3.8, 4) is 0 Å². The van der Waals surface area contributed by atoms with Crippen molar-refractivity contribution >= 4 is 49.8 Å². The predicted octanol–water partition coefficient (Wildman–Crippen LogP) is 3.27. The first-order valence-corrected chi connectivity index (χ1v) is 8.36. The highest BCUT2D eigenvalue weighted by Crippen LogP contribution is 2.36. The molecule has 0 spiro atoms. The van der Waals surface area contributed by atoms with Crippen LogP contribution in [0, 0.1) is 0 Å². The van der Waals surface area contributed by atoms with Crippen molar-refractivity contribution in [3.63, 3.8) is 0 Å². The summed E-state index contributed by atoms with van der Waals surface area (Å²) in [5.74, 6) is 0. The molecule has 0 unspecified atom stereocenters. The van der Waals surface area contributed by atoms with Gasteiger partial charge in [-0.2, -0.15) is 0 Å². The van der Waals surface area contributed by atoms with Crippen molar-refractivity contribution in [1.82, 2.24) is 20.2 Å². The molecule has 96 valence electrons. The SMILES string of the molecule is c1nc(Sc2nnc(NC3CC3)s2)c2ccsc2n1. The van der Waals surface area contributed by atoms with Gasteiger partial charge in [-0.3, -0.25) is 0 Å². The number of hydrogen-bond donors (Lipinski definition) is 1. The third-order valence-electron chi connectivity index (χ3n) is 2.72. The minimum atomic E-state index is 0.605. The lowest BCUT2D eigenvalue weighted by Gasteiger charge is -1.97. The van der Waals surface area contributed by atoms with Gasteiger partial charge in [0.15, 0.2) is 4.34 Å². The summed E-state index contributed by atoms with van der Waals surface area (Å²) in [6.07, 6.45) is 4.08. The molecule has 0 saturated heterocycles. The molecule has 8 heteroatoms. The van der Waals surface area contributed by atoms with Crippen molar-refractivity contribution < 1.29 is 0 Å². The van der Waals surface area contributed by atoms with Gasteiger partial charge in [-0.1, -0.05) is 11.3 Å². The smallest absolute Gasteiger partial charge is 0.206 e. The van der Waals surface area contributed by atoms with Gasteiger partial charge in [0.05, 0.1) is 0 Å². The van der Waals surface area contributed by atoms with E-state index in [1.54, 1.807) is 40.8 Å². The van der Waals surface area contributed by atoms with E-state index >= 15 is 0 Å². The van der Waals surface area contributed by atoms with E-state index in [2.05, 4.69) is 25.5 Å². The summed E-state index contributed by atoms with van der Waals surface area (Å²) in [6.45, 7) is 0. The Bertz CT molecular complexity index is 718. The monoisotopic (exact) mass is 307 g/mol. The minimum absolute atomic E-state index is 0.605. The molecule has 1 saturated carbocycles. The summed E-state index contributed by atoms with van der Waals surface area (Å²) in [7, 11) is 0. The summed E-state index contributed by atoms with van der Waals surface area (Å²) in [5, 5.41) is 16.7. The van der Waals surface area contributed by atoms with Crippen LogP contribution in [0.15, 0.2) is 27.1 Å². The quantitative estimate of drug-likeness (QED) is 0.746. The van der Waals surface area contributed by atoms with Crippen molar-refractivity contribution in [2.45, 2.75) is 28.2 Å². The molecule has 1 fully saturated rings. The predicted molar refractivity (Wildman–Crippen MR) is 78.1 cm³/mol. The Hall–Kier alpha value is -1.25.